The lowest BCUT2D eigenvalue weighted by Gasteiger charge is -2.15. The molecule has 0 unspecified atom stereocenters. The Labute approximate surface area is 175 Å². The van der Waals surface area contributed by atoms with Gasteiger partial charge in [-0.05, 0) is 46.5 Å². The summed E-state index contributed by atoms with van der Waals surface area (Å²) in [5.41, 5.74) is 1.33. The number of ether oxygens (including phenoxy) is 2. The van der Waals surface area contributed by atoms with Gasteiger partial charge in [0.15, 0.2) is 5.82 Å². The van der Waals surface area contributed by atoms with Gasteiger partial charge in [0.25, 0.3) is 0 Å². The van der Waals surface area contributed by atoms with Crippen LogP contribution in [0.2, 0.25) is 0 Å². The molecule has 1 aliphatic rings. The summed E-state index contributed by atoms with van der Waals surface area (Å²) in [5.74, 6) is 0.0653. The molecule has 30 heavy (non-hydrogen) atoms. The summed E-state index contributed by atoms with van der Waals surface area (Å²) in [6.45, 7) is 4.73. The molecule has 1 aliphatic carbocycles. The van der Waals surface area contributed by atoms with Crippen LogP contribution in [0.25, 0.3) is 11.4 Å². The van der Waals surface area contributed by atoms with Crippen molar-refractivity contribution in [1.29, 1.82) is 0 Å². The minimum Gasteiger partial charge on any atom is -0.488 e. The van der Waals surface area contributed by atoms with Crippen molar-refractivity contribution in [3.05, 3.63) is 23.3 Å². The summed E-state index contributed by atoms with van der Waals surface area (Å²) in [6, 6.07) is 1.34. The molecule has 0 bridgehead atoms. The number of Topliss-reactive ketones (excluding diaryl/α,β-unsaturated/α-hetero) is 1. The van der Waals surface area contributed by atoms with E-state index in [0.29, 0.717) is 17.1 Å². The van der Waals surface area contributed by atoms with E-state index in [1.54, 1.807) is 14.0 Å². The number of nitrogens with zero attached hydrogens (tertiary/aromatic N) is 4. The van der Waals surface area contributed by atoms with Gasteiger partial charge in [0.05, 0.1) is 11.8 Å². The maximum Gasteiger partial charge on any atom is 0.407 e. The van der Waals surface area contributed by atoms with Gasteiger partial charge in [0, 0.05) is 20.2 Å². The number of amides is 1. The Bertz CT molecular complexity index is 890. The van der Waals surface area contributed by atoms with Crippen LogP contribution in [0.3, 0.4) is 0 Å². The molecule has 2 aromatic heterocycles. The highest BCUT2D eigenvalue weighted by Gasteiger charge is 2.23. The molecule has 10 heteroatoms. The number of carbonyl (C=O) groups excluding carboxylic acids is 2. The van der Waals surface area contributed by atoms with E-state index < -0.39 is 11.9 Å². The molecule has 0 atom stereocenters. The summed E-state index contributed by atoms with van der Waals surface area (Å²) in [4.78, 5) is 25.1. The fourth-order valence-electron chi connectivity index (χ4n) is 2.96. The summed E-state index contributed by atoms with van der Waals surface area (Å²) in [6.07, 6.45) is 3.75. The first-order valence-electron chi connectivity index (χ1n) is 9.77. The molecule has 1 amide bonds. The van der Waals surface area contributed by atoms with E-state index in [0.717, 1.165) is 25.7 Å². The fraction of sp³-hybridized carbons (Fsp3) is 0.550. The van der Waals surface area contributed by atoms with Crippen molar-refractivity contribution in [2.45, 2.75) is 59.2 Å². The third kappa shape index (κ3) is 6.23. The zero-order valence-electron chi connectivity index (χ0n) is 18.0. The van der Waals surface area contributed by atoms with Crippen LogP contribution < -0.4 is 10.1 Å². The fourth-order valence-corrected chi connectivity index (χ4v) is 2.96. The van der Waals surface area contributed by atoms with Gasteiger partial charge in [-0.2, -0.15) is 0 Å². The second-order valence-corrected chi connectivity index (χ2v) is 7.17. The highest BCUT2D eigenvalue weighted by molar-refractivity contribution is 5.72. The van der Waals surface area contributed by atoms with E-state index in [2.05, 4.69) is 20.6 Å². The van der Waals surface area contributed by atoms with E-state index in [-0.39, 0.29) is 29.9 Å². The van der Waals surface area contributed by atoms with Gasteiger partial charge in [0.2, 0.25) is 0 Å². The van der Waals surface area contributed by atoms with Gasteiger partial charge in [-0.3, -0.25) is 0 Å². The number of pyridine rings is 1. The van der Waals surface area contributed by atoms with Crippen LogP contribution in [-0.2, 0) is 23.2 Å². The first-order valence-corrected chi connectivity index (χ1v) is 9.77. The quantitative estimate of drug-likeness (QED) is 0.790. The molecule has 2 heterocycles. The minimum absolute atomic E-state index is 0.0601. The number of halogens is 1. The van der Waals surface area contributed by atoms with Crippen LogP contribution in [0.1, 0.15) is 50.9 Å². The normalized spacial score (nSPS) is 13.4. The Kier molecular flexibility index (Phi) is 8.25. The zero-order valence-corrected chi connectivity index (χ0v) is 18.0. The van der Waals surface area contributed by atoms with Gasteiger partial charge in [0.1, 0.15) is 35.2 Å². The first-order chi connectivity index (χ1) is 14.2. The molecule has 1 fully saturated rings. The highest BCUT2D eigenvalue weighted by Crippen LogP contribution is 2.30. The topological polar surface area (TPSA) is 108 Å². The predicted molar refractivity (Wildman–Crippen MR) is 107 cm³/mol. The van der Waals surface area contributed by atoms with Gasteiger partial charge < -0.3 is 19.6 Å². The molecule has 0 saturated heterocycles. The molecule has 164 valence electrons. The molecular weight excluding hydrogens is 393 g/mol. The number of ketones is 1. The van der Waals surface area contributed by atoms with Crippen molar-refractivity contribution >= 4 is 11.9 Å². The van der Waals surface area contributed by atoms with E-state index in [1.165, 1.54) is 31.6 Å². The van der Waals surface area contributed by atoms with Crippen LogP contribution in [0, 0.1) is 12.7 Å². The molecule has 1 N–H and O–H groups in total. The Morgan fingerprint density at radius 2 is 1.90 bits per heavy atom. The van der Waals surface area contributed by atoms with Crippen LogP contribution in [0.4, 0.5) is 9.18 Å². The number of carbonyl (C=O) groups is 2. The van der Waals surface area contributed by atoms with Crippen molar-refractivity contribution in [3.8, 4) is 17.1 Å². The zero-order chi connectivity index (χ0) is 22.3. The number of aromatic nitrogens is 4. The SMILES string of the molecule is CC(C)=O.CNC(=O)OCc1c(-c2nc(C)c(OC3CCCC3)cc2F)nnn1C. The molecular formula is C20H28FN5O4. The first kappa shape index (κ1) is 23.2. The van der Waals surface area contributed by atoms with Crippen LogP contribution in [0.15, 0.2) is 6.07 Å². The van der Waals surface area contributed by atoms with Crippen LogP contribution >= 0.6 is 0 Å². The Balaban J connectivity index is 0.000000735. The Morgan fingerprint density at radius 3 is 2.50 bits per heavy atom. The number of aryl methyl sites for hydroxylation is 2. The number of hydrogen-bond acceptors (Lipinski definition) is 7. The van der Waals surface area contributed by atoms with E-state index >= 15 is 0 Å². The van der Waals surface area contributed by atoms with Gasteiger partial charge >= 0.3 is 6.09 Å². The van der Waals surface area contributed by atoms with Gasteiger partial charge in [-0.25, -0.2) is 18.9 Å². The maximum absolute atomic E-state index is 14.7. The lowest BCUT2D eigenvalue weighted by molar-refractivity contribution is -0.115. The van der Waals surface area contributed by atoms with Crippen molar-refractivity contribution in [2.24, 2.45) is 7.05 Å². The molecule has 2 aromatic rings. The Hall–Kier alpha value is -3.04. The molecule has 0 radical (unpaired) electrons. The summed E-state index contributed by atoms with van der Waals surface area (Å²) >= 11 is 0. The summed E-state index contributed by atoms with van der Waals surface area (Å²) < 4.78 is 27.1. The van der Waals surface area contributed by atoms with Gasteiger partial charge in [-0.15, -0.1) is 5.10 Å². The molecule has 0 aliphatic heterocycles. The third-order valence-electron chi connectivity index (χ3n) is 4.43. The van der Waals surface area contributed by atoms with E-state index in [9.17, 15) is 14.0 Å². The number of nitrogens with one attached hydrogen (secondary N) is 1. The van der Waals surface area contributed by atoms with E-state index in [4.69, 9.17) is 9.47 Å². The average molecular weight is 421 g/mol. The summed E-state index contributed by atoms with van der Waals surface area (Å²) in [5, 5.41) is 10.2. The van der Waals surface area contributed by atoms with Crippen LogP contribution in [-0.4, -0.2) is 45.0 Å². The predicted octanol–water partition coefficient (Wildman–Crippen LogP) is 3.10. The van der Waals surface area contributed by atoms with Crippen molar-refractivity contribution in [1.82, 2.24) is 25.3 Å². The van der Waals surface area contributed by atoms with Crippen molar-refractivity contribution in [3.63, 3.8) is 0 Å². The highest BCUT2D eigenvalue weighted by atomic mass is 19.1. The second-order valence-electron chi connectivity index (χ2n) is 7.17. The molecule has 1 saturated carbocycles. The largest absolute Gasteiger partial charge is 0.488 e. The molecule has 9 nitrogen and oxygen atoms in total. The average Bonchev–Trinajstić information content (AvgIpc) is 3.32. The van der Waals surface area contributed by atoms with Crippen molar-refractivity contribution < 1.29 is 23.5 Å². The second kappa shape index (κ2) is 10.7. The lowest BCUT2D eigenvalue weighted by atomic mass is 10.2. The van der Waals surface area contributed by atoms with Crippen molar-refractivity contribution in [2.75, 3.05) is 7.05 Å². The number of alkyl carbamates (subject to hydrolysis) is 1. The number of hydrogen-bond donors (Lipinski definition) is 1. The van der Waals surface area contributed by atoms with E-state index in [1.807, 2.05) is 0 Å². The Morgan fingerprint density at radius 1 is 1.27 bits per heavy atom. The standard InChI is InChI=1S/C17H22FN5O3.C3H6O/c1-10-14(26-11-6-4-5-7-11)8-12(18)15(20-10)16-13(23(3)22-21-16)9-25-17(24)19-2;1-3(2)4/h8,11H,4-7,9H2,1-3H3,(H,19,24);1-2H3. The molecule has 3 rings (SSSR count). The molecule has 0 aromatic carbocycles. The smallest absolute Gasteiger partial charge is 0.407 e. The lowest BCUT2D eigenvalue weighted by Crippen LogP contribution is -2.19. The summed E-state index contributed by atoms with van der Waals surface area (Å²) in [7, 11) is 3.10. The third-order valence-corrected chi connectivity index (χ3v) is 4.43. The monoisotopic (exact) mass is 421 g/mol. The number of rotatable bonds is 5. The maximum atomic E-state index is 14.7. The molecule has 0 spiro atoms. The van der Waals surface area contributed by atoms with Crippen LogP contribution in [0.5, 0.6) is 5.75 Å². The van der Waals surface area contributed by atoms with Gasteiger partial charge in [-0.1, -0.05) is 5.21 Å². The minimum atomic E-state index is -0.595.